The van der Waals surface area contributed by atoms with Gasteiger partial charge in [0.2, 0.25) is 0 Å². The molecule has 1 amide bonds. The smallest absolute Gasteiger partial charge is 0.407 e. The van der Waals surface area contributed by atoms with Gasteiger partial charge in [-0.25, -0.2) is 9.78 Å². The van der Waals surface area contributed by atoms with Gasteiger partial charge in [0.25, 0.3) is 0 Å². The average molecular weight is 264 g/mol. The lowest BCUT2D eigenvalue weighted by atomic mass is 10.2. The van der Waals surface area contributed by atoms with Crippen molar-refractivity contribution < 1.29 is 14.3 Å². The van der Waals surface area contributed by atoms with E-state index in [1.807, 2.05) is 13.0 Å². The van der Waals surface area contributed by atoms with Crippen LogP contribution in [0.3, 0.4) is 0 Å². The molecule has 1 rings (SSSR count). The molecule has 0 aliphatic carbocycles. The summed E-state index contributed by atoms with van der Waals surface area (Å²) in [4.78, 5) is 27.0. The van der Waals surface area contributed by atoms with E-state index in [-0.39, 0.29) is 12.3 Å². The molecule has 104 valence electrons. The fourth-order valence-electron chi connectivity index (χ4n) is 1.49. The van der Waals surface area contributed by atoms with Crippen LogP contribution in [-0.4, -0.2) is 22.5 Å². The third-order valence-corrected chi connectivity index (χ3v) is 2.20. The normalized spacial score (nSPS) is 11.0. The maximum Gasteiger partial charge on any atom is 0.407 e. The molecule has 19 heavy (non-hydrogen) atoms. The van der Waals surface area contributed by atoms with Crippen molar-refractivity contribution in [2.45, 2.75) is 46.8 Å². The van der Waals surface area contributed by atoms with Gasteiger partial charge in [0, 0.05) is 6.92 Å². The van der Waals surface area contributed by atoms with Gasteiger partial charge in [-0.2, -0.15) is 0 Å². The molecule has 0 bridgehead atoms. The number of carbonyl (C=O) groups excluding carboxylic acids is 2. The Labute approximate surface area is 113 Å². The Morgan fingerprint density at radius 2 is 1.95 bits per heavy atom. The Kier molecular flexibility index (Phi) is 4.64. The second-order valence-electron chi connectivity index (χ2n) is 5.43. The molecular weight excluding hydrogens is 244 g/mol. The van der Waals surface area contributed by atoms with E-state index in [1.165, 1.54) is 6.92 Å². The van der Waals surface area contributed by atoms with E-state index in [9.17, 15) is 9.59 Å². The summed E-state index contributed by atoms with van der Waals surface area (Å²) in [6, 6.07) is 3.54. The number of aryl methyl sites for hydroxylation is 1. The summed E-state index contributed by atoms with van der Waals surface area (Å²) in [5.41, 5.74) is 1.44. The summed E-state index contributed by atoms with van der Waals surface area (Å²) in [7, 11) is 0. The first kappa shape index (κ1) is 15.1. The molecule has 1 aromatic rings. The van der Waals surface area contributed by atoms with Gasteiger partial charge >= 0.3 is 6.09 Å². The SMILES string of the molecule is CC(=O)c1cc(C)cc(CNC(=O)OC(C)(C)C)n1. The number of hydrogen-bond donors (Lipinski definition) is 1. The quantitative estimate of drug-likeness (QED) is 0.852. The summed E-state index contributed by atoms with van der Waals surface area (Å²) in [5.74, 6) is -0.0952. The van der Waals surface area contributed by atoms with Crippen LogP contribution in [0.2, 0.25) is 0 Å². The molecule has 0 unspecified atom stereocenters. The van der Waals surface area contributed by atoms with Gasteiger partial charge < -0.3 is 10.1 Å². The van der Waals surface area contributed by atoms with Crippen LogP contribution >= 0.6 is 0 Å². The van der Waals surface area contributed by atoms with Gasteiger partial charge in [0.05, 0.1) is 12.2 Å². The summed E-state index contributed by atoms with van der Waals surface area (Å²) in [5, 5.41) is 2.61. The third-order valence-electron chi connectivity index (χ3n) is 2.20. The topological polar surface area (TPSA) is 68.3 Å². The largest absolute Gasteiger partial charge is 0.444 e. The molecule has 0 aliphatic heterocycles. The molecule has 5 heteroatoms. The number of carbonyl (C=O) groups is 2. The fourth-order valence-corrected chi connectivity index (χ4v) is 1.49. The molecule has 1 N–H and O–H groups in total. The van der Waals surface area contributed by atoms with Crippen LogP contribution in [0.5, 0.6) is 0 Å². The van der Waals surface area contributed by atoms with Gasteiger partial charge in [-0.1, -0.05) is 0 Å². The van der Waals surface area contributed by atoms with Crippen molar-refractivity contribution in [2.75, 3.05) is 0 Å². The number of pyridine rings is 1. The minimum Gasteiger partial charge on any atom is -0.444 e. The number of nitrogens with one attached hydrogen (secondary N) is 1. The van der Waals surface area contributed by atoms with Gasteiger partial charge in [0.1, 0.15) is 11.3 Å². The van der Waals surface area contributed by atoms with Gasteiger partial charge in [0.15, 0.2) is 5.78 Å². The van der Waals surface area contributed by atoms with Crippen molar-refractivity contribution in [1.82, 2.24) is 10.3 Å². The maximum absolute atomic E-state index is 11.5. The van der Waals surface area contributed by atoms with Gasteiger partial charge in [-0.15, -0.1) is 0 Å². The Morgan fingerprint density at radius 1 is 1.32 bits per heavy atom. The van der Waals surface area contributed by atoms with E-state index in [2.05, 4.69) is 10.3 Å². The lowest BCUT2D eigenvalue weighted by Gasteiger charge is -2.19. The number of alkyl carbamates (subject to hydrolysis) is 1. The zero-order valence-corrected chi connectivity index (χ0v) is 12.0. The first-order valence-corrected chi connectivity index (χ1v) is 6.13. The van der Waals surface area contributed by atoms with E-state index >= 15 is 0 Å². The fraction of sp³-hybridized carbons (Fsp3) is 0.500. The summed E-state index contributed by atoms with van der Waals surface area (Å²) < 4.78 is 5.12. The number of hydrogen-bond acceptors (Lipinski definition) is 4. The first-order valence-electron chi connectivity index (χ1n) is 6.13. The highest BCUT2D eigenvalue weighted by molar-refractivity contribution is 5.92. The average Bonchev–Trinajstić information content (AvgIpc) is 2.23. The molecule has 0 atom stereocenters. The second kappa shape index (κ2) is 5.82. The Balaban J connectivity index is 2.68. The molecule has 0 aliphatic rings. The first-order chi connectivity index (χ1) is 8.67. The molecule has 0 fully saturated rings. The molecule has 0 spiro atoms. The zero-order chi connectivity index (χ0) is 14.6. The zero-order valence-electron chi connectivity index (χ0n) is 12.0. The number of aromatic nitrogens is 1. The van der Waals surface area contributed by atoms with Gasteiger partial charge in [-0.3, -0.25) is 4.79 Å². The van der Waals surface area contributed by atoms with Crippen LogP contribution in [0.15, 0.2) is 12.1 Å². The Hall–Kier alpha value is -1.91. The van der Waals surface area contributed by atoms with Crippen LogP contribution in [-0.2, 0) is 11.3 Å². The second-order valence-corrected chi connectivity index (χ2v) is 5.43. The molecule has 5 nitrogen and oxygen atoms in total. The number of ether oxygens (including phenoxy) is 1. The Bertz CT molecular complexity index is 490. The highest BCUT2D eigenvalue weighted by atomic mass is 16.6. The van der Waals surface area contributed by atoms with Crippen LogP contribution in [0.1, 0.15) is 49.4 Å². The summed E-state index contributed by atoms with van der Waals surface area (Å²) >= 11 is 0. The van der Waals surface area contributed by atoms with E-state index in [4.69, 9.17) is 4.74 Å². The molecule has 0 saturated heterocycles. The minimum atomic E-state index is -0.533. The van der Waals surface area contributed by atoms with Crippen LogP contribution in [0, 0.1) is 6.92 Å². The van der Waals surface area contributed by atoms with E-state index in [1.54, 1.807) is 26.8 Å². The van der Waals surface area contributed by atoms with Crippen molar-refractivity contribution in [3.63, 3.8) is 0 Å². The Morgan fingerprint density at radius 3 is 2.47 bits per heavy atom. The van der Waals surface area contributed by atoms with E-state index in [0.717, 1.165) is 5.56 Å². The highest BCUT2D eigenvalue weighted by Gasteiger charge is 2.16. The maximum atomic E-state index is 11.5. The van der Waals surface area contributed by atoms with Gasteiger partial charge in [-0.05, 0) is 45.4 Å². The van der Waals surface area contributed by atoms with E-state index in [0.29, 0.717) is 11.4 Å². The number of amides is 1. The molecule has 0 radical (unpaired) electrons. The van der Waals surface area contributed by atoms with Crippen LogP contribution < -0.4 is 5.32 Å². The number of ketones is 1. The van der Waals surface area contributed by atoms with Crippen molar-refractivity contribution in [1.29, 1.82) is 0 Å². The van der Waals surface area contributed by atoms with Crippen LogP contribution in [0.4, 0.5) is 4.79 Å². The van der Waals surface area contributed by atoms with Crippen molar-refractivity contribution >= 4 is 11.9 Å². The van der Waals surface area contributed by atoms with Crippen molar-refractivity contribution in [3.8, 4) is 0 Å². The lowest BCUT2D eigenvalue weighted by Crippen LogP contribution is -2.32. The molecular formula is C14H20N2O3. The summed E-state index contributed by atoms with van der Waals surface area (Å²) in [6.07, 6.45) is -0.500. The van der Waals surface area contributed by atoms with Crippen molar-refractivity contribution in [3.05, 3.63) is 29.1 Å². The van der Waals surface area contributed by atoms with Crippen LogP contribution in [0.25, 0.3) is 0 Å². The molecule has 0 saturated carbocycles. The third kappa shape index (κ3) is 5.50. The highest BCUT2D eigenvalue weighted by Crippen LogP contribution is 2.08. The minimum absolute atomic E-state index is 0.0952. The predicted molar refractivity (Wildman–Crippen MR) is 72.1 cm³/mol. The lowest BCUT2D eigenvalue weighted by molar-refractivity contribution is 0.0523. The van der Waals surface area contributed by atoms with E-state index < -0.39 is 11.7 Å². The van der Waals surface area contributed by atoms with Crippen molar-refractivity contribution in [2.24, 2.45) is 0 Å². The molecule has 0 aromatic carbocycles. The standard InChI is InChI=1S/C14H20N2O3/c1-9-6-11(16-12(7-9)10(2)17)8-15-13(18)19-14(3,4)5/h6-7H,8H2,1-5H3,(H,15,18). The summed E-state index contributed by atoms with van der Waals surface area (Å²) in [6.45, 7) is 8.97. The number of nitrogens with zero attached hydrogens (tertiary/aromatic N) is 1. The molecule has 1 aromatic heterocycles. The number of Topliss-reactive ketones (excluding diaryl/α,β-unsaturated/α-hetero) is 1. The number of rotatable bonds is 3. The predicted octanol–water partition coefficient (Wildman–Crippen LogP) is 2.62. The molecule has 1 heterocycles. The monoisotopic (exact) mass is 264 g/mol.